The van der Waals surface area contributed by atoms with Crippen molar-refractivity contribution in [1.29, 1.82) is 0 Å². The molecule has 2 rings (SSSR count). The second-order valence-corrected chi connectivity index (χ2v) is 5.44. The van der Waals surface area contributed by atoms with E-state index in [4.69, 9.17) is 12.2 Å². The van der Waals surface area contributed by atoms with Crippen LogP contribution in [0, 0.1) is 12.3 Å². The molecule has 0 bridgehead atoms. The van der Waals surface area contributed by atoms with Crippen molar-refractivity contribution in [2.24, 2.45) is 0 Å². The van der Waals surface area contributed by atoms with E-state index in [0.29, 0.717) is 11.1 Å². The molecule has 3 N–H and O–H groups in total. The van der Waals surface area contributed by atoms with Crippen molar-refractivity contribution < 1.29 is 4.79 Å². The van der Waals surface area contributed by atoms with Gasteiger partial charge >= 0.3 is 0 Å². The largest absolute Gasteiger partial charge is 0.383 e. The third-order valence-corrected chi connectivity index (χ3v) is 3.84. The Labute approximate surface area is 127 Å². The predicted molar refractivity (Wildman–Crippen MR) is 82.7 cm³/mol. The van der Waals surface area contributed by atoms with E-state index >= 15 is 0 Å². The van der Waals surface area contributed by atoms with Crippen LogP contribution < -0.4 is 11.1 Å². The van der Waals surface area contributed by atoms with E-state index in [-0.39, 0.29) is 18.3 Å². The van der Waals surface area contributed by atoms with Gasteiger partial charge in [-0.2, -0.15) is 0 Å². The fourth-order valence-corrected chi connectivity index (χ4v) is 2.48. The van der Waals surface area contributed by atoms with E-state index < -0.39 is 0 Å². The number of terminal acetylenes is 1. The average molecular weight is 383 g/mol. The van der Waals surface area contributed by atoms with Crippen LogP contribution in [0.25, 0.3) is 10.9 Å². The molecule has 2 aromatic rings. The minimum Gasteiger partial charge on any atom is -0.383 e. The van der Waals surface area contributed by atoms with E-state index in [9.17, 15) is 4.79 Å². The van der Waals surface area contributed by atoms with Crippen LogP contribution >= 0.6 is 31.9 Å². The SMILES string of the molecule is C#CCNC(=O)c1cc2c(Br)ccc(Br)c2nc1N. The number of nitrogens with one attached hydrogen (secondary N) is 1. The number of nitrogens with zero attached hydrogens (tertiary/aromatic N) is 1. The number of nitrogens with two attached hydrogens (primary N) is 1. The lowest BCUT2D eigenvalue weighted by molar-refractivity contribution is 0.0959. The number of rotatable bonds is 2. The van der Waals surface area contributed by atoms with Crippen LogP contribution in [0.5, 0.6) is 0 Å². The molecule has 0 saturated carbocycles. The molecule has 0 fully saturated rings. The van der Waals surface area contributed by atoms with Crippen LogP contribution in [0.1, 0.15) is 10.4 Å². The van der Waals surface area contributed by atoms with Crippen molar-refractivity contribution in [3.05, 3.63) is 32.7 Å². The summed E-state index contributed by atoms with van der Waals surface area (Å²) < 4.78 is 1.65. The van der Waals surface area contributed by atoms with Gasteiger partial charge in [0, 0.05) is 14.3 Å². The molecule has 0 spiro atoms. The number of pyridine rings is 1. The van der Waals surface area contributed by atoms with Crippen LogP contribution in [0.4, 0.5) is 5.82 Å². The first-order valence-corrected chi connectivity index (χ1v) is 6.89. The maximum Gasteiger partial charge on any atom is 0.255 e. The molecule has 0 aliphatic heterocycles. The van der Waals surface area contributed by atoms with E-state index in [0.717, 1.165) is 14.3 Å². The minimum atomic E-state index is -0.336. The van der Waals surface area contributed by atoms with Gasteiger partial charge in [-0.25, -0.2) is 4.98 Å². The number of hydrogen-bond acceptors (Lipinski definition) is 3. The molecule has 1 heterocycles. The number of anilines is 1. The van der Waals surface area contributed by atoms with Crippen molar-refractivity contribution in [2.45, 2.75) is 0 Å². The first-order chi connectivity index (χ1) is 9.04. The summed E-state index contributed by atoms with van der Waals surface area (Å²) in [4.78, 5) is 16.2. The fraction of sp³-hybridized carbons (Fsp3) is 0.0769. The Morgan fingerprint density at radius 3 is 2.79 bits per heavy atom. The van der Waals surface area contributed by atoms with Gasteiger partial charge in [-0.05, 0) is 34.1 Å². The lowest BCUT2D eigenvalue weighted by atomic mass is 10.1. The lowest BCUT2D eigenvalue weighted by Gasteiger charge is -2.09. The van der Waals surface area contributed by atoms with Crippen molar-refractivity contribution in [2.75, 3.05) is 12.3 Å². The highest BCUT2D eigenvalue weighted by Crippen LogP contribution is 2.31. The molecule has 0 aliphatic rings. The maximum absolute atomic E-state index is 11.9. The van der Waals surface area contributed by atoms with Gasteiger partial charge in [-0.1, -0.05) is 21.9 Å². The Morgan fingerprint density at radius 2 is 2.11 bits per heavy atom. The molecule has 1 aromatic carbocycles. The number of benzene rings is 1. The normalized spacial score (nSPS) is 10.2. The number of halogens is 2. The molecule has 0 radical (unpaired) electrons. The number of fused-ring (bicyclic) bond motifs is 1. The standard InChI is InChI=1S/C13H9Br2N3O/c1-2-5-17-13(19)8-6-7-9(14)3-4-10(15)11(7)18-12(8)16/h1,3-4,6H,5H2,(H2,16,18)(H,17,19). The summed E-state index contributed by atoms with van der Waals surface area (Å²) in [5.41, 5.74) is 6.82. The monoisotopic (exact) mass is 381 g/mol. The van der Waals surface area contributed by atoms with Gasteiger partial charge in [0.15, 0.2) is 0 Å². The van der Waals surface area contributed by atoms with E-state index in [1.807, 2.05) is 12.1 Å². The molecule has 96 valence electrons. The Kier molecular flexibility index (Phi) is 4.08. The zero-order valence-electron chi connectivity index (χ0n) is 9.71. The number of carbonyl (C=O) groups is 1. The Hall–Kier alpha value is -1.58. The van der Waals surface area contributed by atoms with Gasteiger partial charge in [-0.3, -0.25) is 4.79 Å². The molecule has 4 nitrogen and oxygen atoms in total. The van der Waals surface area contributed by atoms with Crippen molar-refractivity contribution >= 4 is 54.5 Å². The predicted octanol–water partition coefficient (Wildman–Crippen LogP) is 2.71. The molecule has 1 amide bonds. The number of nitrogen functional groups attached to an aromatic ring is 1. The zero-order valence-corrected chi connectivity index (χ0v) is 12.9. The summed E-state index contributed by atoms with van der Waals surface area (Å²) in [5.74, 6) is 2.17. The lowest BCUT2D eigenvalue weighted by Crippen LogP contribution is -2.24. The summed E-state index contributed by atoms with van der Waals surface area (Å²) in [5, 5.41) is 3.37. The van der Waals surface area contributed by atoms with Crippen LogP contribution in [0.3, 0.4) is 0 Å². The molecule has 0 atom stereocenters. The third-order valence-electron chi connectivity index (χ3n) is 2.51. The summed E-state index contributed by atoms with van der Waals surface area (Å²) >= 11 is 6.83. The summed E-state index contributed by atoms with van der Waals surface area (Å²) in [6, 6.07) is 5.42. The van der Waals surface area contributed by atoms with Crippen LogP contribution in [-0.2, 0) is 0 Å². The van der Waals surface area contributed by atoms with Crippen LogP contribution in [0.15, 0.2) is 27.1 Å². The molecular weight excluding hydrogens is 374 g/mol. The molecule has 0 saturated heterocycles. The topological polar surface area (TPSA) is 68.0 Å². The third kappa shape index (κ3) is 2.72. The van der Waals surface area contributed by atoms with Gasteiger partial charge < -0.3 is 11.1 Å². The highest BCUT2D eigenvalue weighted by atomic mass is 79.9. The number of aromatic nitrogens is 1. The molecule has 19 heavy (non-hydrogen) atoms. The van der Waals surface area contributed by atoms with Gasteiger partial charge in [0.2, 0.25) is 0 Å². The second-order valence-electron chi connectivity index (χ2n) is 3.73. The molecule has 1 aromatic heterocycles. The number of hydrogen-bond donors (Lipinski definition) is 2. The smallest absolute Gasteiger partial charge is 0.255 e. The first-order valence-electron chi connectivity index (χ1n) is 5.30. The quantitative estimate of drug-likeness (QED) is 0.784. The van der Waals surface area contributed by atoms with E-state index in [1.165, 1.54) is 0 Å². The van der Waals surface area contributed by atoms with Gasteiger partial charge in [0.25, 0.3) is 5.91 Å². The van der Waals surface area contributed by atoms with Crippen molar-refractivity contribution in [3.63, 3.8) is 0 Å². The van der Waals surface area contributed by atoms with E-state index in [2.05, 4.69) is 48.1 Å². The van der Waals surface area contributed by atoms with E-state index in [1.54, 1.807) is 6.07 Å². The Balaban J connectivity index is 2.59. The molecule has 0 aliphatic carbocycles. The average Bonchev–Trinajstić information content (AvgIpc) is 2.40. The highest BCUT2D eigenvalue weighted by Gasteiger charge is 2.14. The second kappa shape index (κ2) is 5.59. The summed E-state index contributed by atoms with van der Waals surface area (Å²) in [6.45, 7) is 0.149. The first kappa shape index (κ1) is 13.8. The molecule has 0 unspecified atom stereocenters. The van der Waals surface area contributed by atoms with Crippen molar-refractivity contribution in [1.82, 2.24) is 10.3 Å². The van der Waals surface area contributed by atoms with Gasteiger partial charge in [0.05, 0.1) is 17.6 Å². The fourth-order valence-electron chi connectivity index (χ4n) is 1.62. The molecule has 6 heteroatoms. The zero-order chi connectivity index (χ0) is 14.0. The number of carbonyl (C=O) groups excluding carboxylic acids is 1. The highest BCUT2D eigenvalue weighted by molar-refractivity contribution is 9.11. The van der Waals surface area contributed by atoms with Crippen molar-refractivity contribution in [3.8, 4) is 12.3 Å². The Morgan fingerprint density at radius 1 is 1.42 bits per heavy atom. The summed E-state index contributed by atoms with van der Waals surface area (Å²) in [6.07, 6.45) is 5.10. The van der Waals surface area contributed by atoms with Gasteiger partial charge in [-0.15, -0.1) is 6.42 Å². The maximum atomic E-state index is 11.9. The number of amides is 1. The van der Waals surface area contributed by atoms with Gasteiger partial charge in [0.1, 0.15) is 5.82 Å². The minimum absolute atomic E-state index is 0.149. The van der Waals surface area contributed by atoms with Crippen LogP contribution in [0.2, 0.25) is 0 Å². The summed E-state index contributed by atoms with van der Waals surface area (Å²) in [7, 11) is 0. The van der Waals surface area contributed by atoms with Crippen LogP contribution in [-0.4, -0.2) is 17.4 Å². The Bertz CT molecular complexity index is 707. The molecular formula is C13H9Br2N3O.